The van der Waals surface area contributed by atoms with Crippen molar-refractivity contribution in [3.63, 3.8) is 0 Å². The number of guanidine groups is 1. The van der Waals surface area contributed by atoms with Gasteiger partial charge in [0.2, 0.25) is 0 Å². The molecule has 2 fully saturated rings. The van der Waals surface area contributed by atoms with Gasteiger partial charge < -0.3 is 24.8 Å². The molecule has 0 aromatic heterocycles. The second-order valence-electron chi connectivity index (χ2n) is 7.31. The predicted octanol–water partition coefficient (Wildman–Crippen LogP) is 3.72. The van der Waals surface area contributed by atoms with Gasteiger partial charge in [-0.05, 0) is 50.8 Å². The van der Waals surface area contributed by atoms with Crippen molar-refractivity contribution in [2.45, 2.75) is 58.2 Å². The lowest BCUT2D eigenvalue weighted by Crippen LogP contribution is -2.68. The van der Waals surface area contributed by atoms with Crippen LogP contribution in [-0.4, -0.2) is 45.5 Å². The van der Waals surface area contributed by atoms with Crippen LogP contribution in [0.5, 0.6) is 11.5 Å². The van der Waals surface area contributed by atoms with E-state index in [4.69, 9.17) is 14.2 Å². The first-order chi connectivity index (χ1) is 13.2. The number of aliphatic imine (C=N–C) groups is 1. The molecular formula is C21H34IN3O3. The highest BCUT2D eigenvalue weighted by Crippen LogP contribution is 2.57. The standard InChI is InChI=1S/C21H33N3O3.HI/c1-5-26-17-12-15(8-9-16(17)25-4)14-23-20(22-3)24-18-13-19(27-6-2)21(18)10-7-11-21;/h8-9,12,18-19H,5-7,10-11,13-14H2,1-4H3,(H2,22,23,24);1H. The highest BCUT2D eigenvalue weighted by molar-refractivity contribution is 14.0. The minimum Gasteiger partial charge on any atom is -0.493 e. The number of nitrogens with zero attached hydrogens (tertiary/aromatic N) is 1. The van der Waals surface area contributed by atoms with Crippen LogP contribution in [0.2, 0.25) is 0 Å². The van der Waals surface area contributed by atoms with Crippen molar-refractivity contribution in [1.82, 2.24) is 10.6 Å². The molecule has 0 amide bonds. The Morgan fingerprint density at radius 3 is 2.57 bits per heavy atom. The van der Waals surface area contributed by atoms with Gasteiger partial charge >= 0.3 is 0 Å². The highest BCUT2D eigenvalue weighted by Gasteiger charge is 2.59. The Morgan fingerprint density at radius 2 is 2.00 bits per heavy atom. The van der Waals surface area contributed by atoms with E-state index in [0.29, 0.717) is 30.7 Å². The van der Waals surface area contributed by atoms with Crippen molar-refractivity contribution < 1.29 is 14.2 Å². The first-order valence-electron chi connectivity index (χ1n) is 10.0. The largest absolute Gasteiger partial charge is 0.493 e. The van der Waals surface area contributed by atoms with Crippen molar-refractivity contribution in [2.75, 3.05) is 27.4 Å². The van der Waals surface area contributed by atoms with Crippen LogP contribution in [0, 0.1) is 5.41 Å². The van der Waals surface area contributed by atoms with E-state index in [1.54, 1.807) is 7.11 Å². The number of halogens is 1. The molecule has 158 valence electrons. The van der Waals surface area contributed by atoms with E-state index in [-0.39, 0.29) is 24.0 Å². The van der Waals surface area contributed by atoms with E-state index in [1.165, 1.54) is 19.3 Å². The molecule has 0 heterocycles. The molecule has 0 radical (unpaired) electrons. The molecule has 2 saturated carbocycles. The quantitative estimate of drug-likeness (QED) is 0.322. The molecular weight excluding hydrogens is 469 g/mol. The van der Waals surface area contributed by atoms with Crippen molar-refractivity contribution in [3.8, 4) is 11.5 Å². The molecule has 2 aliphatic rings. The van der Waals surface area contributed by atoms with Gasteiger partial charge in [-0.1, -0.05) is 12.5 Å². The van der Waals surface area contributed by atoms with Crippen molar-refractivity contribution in [1.29, 1.82) is 0 Å². The first-order valence-corrected chi connectivity index (χ1v) is 10.0. The Balaban J connectivity index is 0.00000280. The number of hydrogen-bond donors (Lipinski definition) is 2. The van der Waals surface area contributed by atoms with Crippen LogP contribution in [0.4, 0.5) is 0 Å². The molecule has 0 bridgehead atoms. The second kappa shape index (κ2) is 10.5. The van der Waals surface area contributed by atoms with E-state index in [9.17, 15) is 0 Å². The Kier molecular flexibility index (Phi) is 8.67. The molecule has 7 heteroatoms. The van der Waals surface area contributed by atoms with Gasteiger partial charge in [-0.25, -0.2) is 0 Å². The van der Waals surface area contributed by atoms with E-state index in [1.807, 2.05) is 32.2 Å². The average Bonchev–Trinajstić information content (AvgIpc) is 2.62. The number of methoxy groups -OCH3 is 1. The van der Waals surface area contributed by atoms with E-state index < -0.39 is 0 Å². The fourth-order valence-corrected chi connectivity index (χ4v) is 4.29. The SMILES string of the molecule is CCOc1cc(CNC(=NC)NC2CC(OCC)C23CCC3)ccc1OC.I. The van der Waals surface area contributed by atoms with Gasteiger partial charge in [0.1, 0.15) is 0 Å². The molecule has 1 spiro atoms. The molecule has 6 nitrogen and oxygen atoms in total. The van der Waals surface area contributed by atoms with Crippen LogP contribution < -0.4 is 20.1 Å². The molecule has 1 aromatic rings. The maximum atomic E-state index is 5.94. The number of rotatable bonds is 8. The summed E-state index contributed by atoms with van der Waals surface area (Å²) in [4.78, 5) is 4.41. The van der Waals surface area contributed by atoms with Gasteiger partial charge in [-0.2, -0.15) is 0 Å². The number of hydrogen-bond acceptors (Lipinski definition) is 4. The maximum Gasteiger partial charge on any atom is 0.191 e. The fourth-order valence-electron chi connectivity index (χ4n) is 4.29. The van der Waals surface area contributed by atoms with E-state index in [2.05, 4.69) is 22.5 Å². The van der Waals surface area contributed by atoms with E-state index >= 15 is 0 Å². The second-order valence-corrected chi connectivity index (χ2v) is 7.31. The topological polar surface area (TPSA) is 64.1 Å². The smallest absolute Gasteiger partial charge is 0.191 e. The minimum absolute atomic E-state index is 0. The van der Waals surface area contributed by atoms with Gasteiger partial charge in [0.25, 0.3) is 0 Å². The summed E-state index contributed by atoms with van der Waals surface area (Å²) in [5, 5.41) is 7.05. The fraction of sp³-hybridized carbons (Fsp3) is 0.667. The lowest BCUT2D eigenvalue weighted by Gasteiger charge is -2.61. The third kappa shape index (κ3) is 4.67. The summed E-state index contributed by atoms with van der Waals surface area (Å²) < 4.78 is 17.0. The van der Waals surface area contributed by atoms with Crippen molar-refractivity contribution in [3.05, 3.63) is 23.8 Å². The van der Waals surface area contributed by atoms with Gasteiger partial charge in [0.15, 0.2) is 17.5 Å². The zero-order valence-electron chi connectivity index (χ0n) is 17.4. The summed E-state index contributed by atoms with van der Waals surface area (Å²) in [6, 6.07) is 6.46. The summed E-state index contributed by atoms with van der Waals surface area (Å²) in [5.74, 6) is 2.37. The highest BCUT2D eigenvalue weighted by atomic mass is 127. The molecule has 2 atom stereocenters. The van der Waals surface area contributed by atoms with Gasteiger partial charge in [0, 0.05) is 31.7 Å². The lowest BCUT2D eigenvalue weighted by atomic mass is 9.51. The van der Waals surface area contributed by atoms with Gasteiger partial charge in [0.05, 0.1) is 19.8 Å². The molecule has 3 rings (SSSR count). The Bertz CT molecular complexity index is 664. The number of nitrogens with one attached hydrogen (secondary N) is 2. The maximum absolute atomic E-state index is 5.94. The van der Waals surface area contributed by atoms with Crippen LogP contribution in [0.3, 0.4) is 0 Å². The predicted molar refractivity (Wildman–Crippen MR) is 123 cm³/mol. The Hall–Kier alpha value is -1.22. The molecule has 0 saturated heterocycles. The third-order valence-electron chi connectivity index (χ3n) is 5.96. The molecule has 1 aromatic carbocycles. The summed E-state index contributed by atoms with van der Waals surface area (Å²) >= 11 is 0. The lowest BCUT2D eigenvalue weighted by molar-refractivity contribution is -0.168. The Morgan fingerprint density at radius 1 is 1.21 bits per heavy atom. The van der Waals surface area contributed by atoms with Crippen LogP contribution in [0.1, 0.15) is 45.1 Å². The van der Waals surface area contributed by atoms with Crippen LogP contribution in [0.25, 0.3) is 0 Å². The molecule has 28 heavy (non-hydrogen) atoms. The molecule has 2 N–H and O–H groups in total. The summed E-state index contributed by atoms with van der Waals surface area (Å²) in [5.41, 5.74) is 1.44. The van der Waals surface area contributed by atoms with E-state index in [0.717, 1.165) is 36.0 Å². The average molecular weight is 503 g/mol. The molecule has 2 unspecified atom stereocenters. The van der Waals surface area contributed by atoms with Crippen LogP contribution >= 0.6 is 24.0 Å². The normalized spacial score (nSPS) is 22.5. The van der Waals surface area contributed by atoms with Crippen molar-refractivity contribution >= 4 is 29.9 Å². The summed E-state index contributed by atoms with van der Waals surface area (Å²) in [6.45, 7) is 6.14. The Labute approximate surface area is 185 Å². The number of ether oxygens (including phenoxy) is 3. The van der Waals surface area contributed by atoms with Crippen LogP contribution in [-0.2, 0) is 11.3 Å². The summed E-state index contributed by atoms with van der Waals surface area (Å²) in [6.07, 6.45) is 5.28. The van der Waals surface area contributed by atoms with Crippen molar-refractivity contribution in [2.24, 2.45) is 10.4 Å². The number of benzene rings is 1. The third-order valence-corrected chi connectivity index (χ3v) is 5.96. The summed E-state index contributed by atoms with van der Waals surface area (Å²) in [7, 11) is 3.48. The molecule has 0 aliphatic heterocycles. The first kappa shape index (κ1) is 23.1. The van der Waals surface area contributed by atoms with Gasteiger partial charge in [-0.3, -0.25) is 4.99 Å². The minimum atomic E-state index is 0. The molecule has 2 aliphatic carbocycles. The zero-order valence-corrected chi connectivity index (χ0v) is 19.7. The van der Waals surface area contributed by atoms with Gasteiger partial charge in [-0.15, -0.1) is 24.0 Å². The van der Waals surface area contributed by atoms with Crippen LogP contribution in [0.15, 0.2) is 23.2 Å². The zero-order chi connectivity index (χ0) is 19.3. The monoisotopic (exact) mass is 503 g/mol.